The normalized spacial score (nSPS) is 11.6. The van der Waals surface area contributed by atoms with E-state index in [9.17, 15) is 24.4 Å². The number of aliphatic hydroxyl groups is 1. The summed E-state index contributed by atoms with van der Waals surface area (Å²) >= 11 is 0. The van der Waals surface area contributed by atoms with E-state index in [-0.39, 0.29) is 18.8 Å². The molecule has 0 fully saturated rings. The van der Waals surface area contributed by atoms with E-state index in [1.807, 2.05) is 0 Å². The lowest BCUT2D eigenvalue weighted by Crippen LogP contribution is -2.37. The molecule has 0 spiro atoms. The second kappa shape index (κ2) is 8.02. The first kappa shape index (κ1) is 17.4. The smallest absolute Gasteiger partial charge is 0.315 e. The number of aliphatic hydroxyl groups excluding tert-OH is 1. The highest BCUT2D eigenvalue weighted by Gasteiger charge is 2.10. The fraction of sp³-hybridized carbons (Fsp3) is 0.188. The van der Waals surface area contributed by atoms with Gasteiger partial charge in [0.2, 0.25) is 0 Å². The zero-order valence-electron chi connectivity index (χ0n) is 12.6. The largest absolute Gasteiger partial charge is 0.387 e. The summed E-state index contributed by atoms with van der Waals surface area (Å²) < 4.78 is 12.8. The van der Waals surface area contributed by atoms with Crippen LogP contribution in [0.5, 0.6) is 0 Å². The second-order valence-corrected chi connectivity index (χ2v) is 5.05. The third-order valence-corrected chi connectivity index (χ3v) is 3.31. The summed E-state index contributed by atoms with van der Waals surface area (Å²) in [6, 6.07) is 10.7. The van der Waals surface area contributed by atoms with Gasteiger partial charge in [0.05, 0.1) is 11.0 Å². The summed E-state index contributed by atoms with van der Waals surface area (Å²) in [4.78, 5) is 21.7. The summed E-state index contributed by atoms with van der Waals surface area (Å²) in [6.07, 6.45) is -0.948. The summed E-state index contributed by atoms with van der Waals surface area (Å²) in [6.45, 7) is 0.161. The maximum atomic E-state index is 12.8. The molecular formula is C16H16FN3O4. The minimum atomic E-state index is -0.948. The second-order valence-electron chi connectivity index (χ2n) is 5.05. The van der Waals surface area contributed by atoms with Gasteiger partial charge >= 0.3 is 6.03 Å². The Morgan fingerprint density at radius 2 is 1.75 bits per heavy atom. The predicted molar refractivity (Wildman–Crippen MR) is 84.7 cm³/mol. The highest BCUT2D eigenvalue weighted by Crippen LogP contribution is 2.13. The Hall–Kier alpha value is -3.00. The molecule has 126 valence electrons. The van der Waals surface area contributed by atoms with Crippen LogP contribution in [-0.2, 0) is 6.54 Å². The average Bonchev–Trinajstić information content (AvgIpc) is 2.58. The average molecular weight is 333 g/mol. The van der Waals surface area contributed by atoms with E-state index in [0.29, 0.717) is 11.1 Å². The molecular weight excluding hydrogens is 317 g/mol. The van der Waals surface area contributed by atoms with E-state index in [4.69, 9.17) is 0 Å². The Labute approximate surface area is 137 Å². The maximum Gasteiger partial charge on any atom is 0.315 e. The standard InChI is InChI=1S/C16H16FN3O4/c17-13-5-3-12(4-6-13)15(21)10-19-16(22)18-9-11-1-7-14(8-2-11)20(23)24/h1-8,15,21H,9-10H2,(H2,18,19,22). The number of carbonyl (C=O) groups excluding carboxylic acids is 1. The molecule has 0 radical (unpaired) electrons. The quantitative estimate of drug-likeness (QED) is 0.557. The Bertz CT molecular complexity index is 704. The lowest BCUT2D eigenvalue weighted by atomic mass is 10.1. The predicted octanol–water partition coefficient (Wildman–Crippen LogP) is 2.27. The van der Waals surface area contributed by atoms with Crippen molar-refractivity contribution in [2.75, 3.05) is 6.54 Å². The van der Waals surface area contributed by atoms with Crippen LogP contribution in [0.1, 0.15) is 17.2 Å². The van der Waals surface area contributed by atoms with E-state index < -0.39 is 22.9 Å². The van der Waals surface area contributed by atoms with Crippen LogP contribution in [0.15, 0.2) is 48.5 Å². The van der Waals surface area contributed by atoms with Crippen LogP contribution in [-0.4, -0.2) is 22.6 Å². The van der Waals surface area contributed by atoms with Crippen LogP contribution in [0, 0.1) is 15.9 Å². The maximum absolute atomic E-state index is 12.8. The van der Waals surface area contributed by atoms with Crippen molar-refractivity contribution in [3.8, 4) is 0 Å². The zero-order valence-corrected chi connectivity index (χ0v) is 12.6. The lowest BCUT2D eigenvalue weighted by molar-refractivity contribution is -0.384. The highest BCUT2D eigenvalue weighted by molar-refractivity contribution is 5.73. The van der Waals surface area contributed by atoms with E-state index >= 15 is 0 Å². The molecule has 2 rings (SSSR count). The molecule has 0 saturated heterocycles. The molecule has 0 heterocycles. The first-order valence-electron chi connectivity index (χ1n) is 7.14. The molecule has 3 N–H and O–H groups in total. The summed E-state index contributed by atoms with van der Waals surface area (Å²) in [5.41, 5.74) is 1.17. The van der Waals surface area contributed by atoms with E-state index in [0.717, 1.165) is 0 Å². The first-order chi connectivity index (χ1) is 11.5. The third kappa shape index (κ3) is 5.03. The fourth-order valence-corrected chi connectivity index (χ4v) is 1.97. The number of nitro benzene ring substituents is 1. The van der Waals surface area contributed by atoms with Crippen LogP contribution < -0.4 is 10.6 Å². The van der Waals surface area contributed by atoms with Crippen molar-refractivity contribution < 1.29 is 19.2 Å². The van der Waals surface area contributed by atoms with Crippen LogP contribution in [0.25, 0.3) is 0 Å². The van der Waals surface area contributed by atoms with Crippen molar-refractivity contribution in [3.05, 3.63) is 75.6 Å². The minimum absolute atomic E-state index is 0.0226. The van der Waals surface area contributed by atoms with Crippen LogP contribution in [0.4, 0.5) is 14.9 Å². The van der Waals surface area contributed by atoms with Crippen LogP contribution in [0.2, 0.25) is 0 Å². The van der Waals surface area contributed by atoms with Gasteiger partial charge in [0.25, 0.3) is 5.69 Å². The van der Waals surface area contributed by atoms with E-state index in [1.165, 1.54) is 36.4 Å². The van der Waals surface area contributed by atoms with Gasteiger partial charge in [-0.25, -0.2) is 9.18 Å². The summed E-state index contributed by atoms with van der Waals surface area (Å²) in [7, 11) is 0. The Kier molecular flexibility index (Phi) is 5.80. The van der Waals surface area contributed by atoms with Gasteiger partial charge in [0, 0.05) is 25.2 Å². The molecule has 7 nitrogen and oxygen atoms in total. The first-order valence-corrected chi connectivity index (χ1v) is 7.14. The number of non-ortho nitro benzene ring substituents is 1. The molecule has 0 saturated carbocycles. The van der Waals surface area contributed by atoms with Crippen molar-refractivity contribution in [3.63, 3.8) is 0 Å². The molecule has 2 aromatic rings. The minimum Gasteiger partial charge on any atom is -0.387 e. The number of hydrogen-bond donors (Lipinski definition) is 3. The molecule has 0 aliphatic carbocycles. The molecule has 0 bridgehead atoms. The van der Waals surface area contributed by atoms with E-state index in [2.05, 4.69) is 10.6 Å². The molecule has 2 amide bonds. The molecule has 8 heteroatoms. The van der Waals surface area contributed by atoms with E-state index in [1.54, 1.807) is 12.1 Å². The number of nitrogens with one attached hydrogen (secondary N) is 2. The fourth-order valence-electron chi connectivity index (χ4n) is 1.97. The number of amides is 2. The summed E-state index contributed by atoms with van der Waals surface area (Å²) in [5.74, 6) is -0.403. The number of hydrogen-bond acceptors (Lipinski definition) is 4. The van der Waals surface area contributed by atoms with Crippen molar-refractivity contribution in [1.29, 1.82) is 0 Å². The van der Waals surface area contributed by atoms with Gasteiger partial charge < -0.3 is 15.7 Å². The van der Waals surface area contributed by atoms with Crippen molar-refractivity contribution in [2.24, 2.45) is 0 Å². The van der Waals surface area contributed by atoms with Gasteiger partial charge in [0.1, 0.15) is 5.82 Å². The molecule has 0 aliphatic heterocycles. The SMILES string of the molecule is O=C(NCc1ccc([N+](=O)[O-])cc1)NCC(O)c1ccc(F)cc1. The Balaban J connectivity index is 1.76. The van der Waals surface area contributed by atoms with Gasteiger partial charge in [0.15, 0.2) is 0 Å². The zero-order chi connectivity index (χ0) is 17.5. The number of rotatable bonds is 6. The molecule has 0 aliphatic rings. The van der Waals surface area contributed by atoms with Gasteiger partial charge in [-0.2, -0.15) is 0 Å². The van der Waals surface area contributed by atoms with Crippen LogP contribution in [0.3, 0.4) is 0 Å². The number of benzene rings is 2. The molecule has 2 aromatic carbocycles. The lowest BCUT2D eigenvalue weighted by Gasteiger charge is -2.13. The monoisotopic (exact) mass is 333 g/mol. The number of halogens is 1. The molecule has 1 atom stereocenters. The highest BCUT2D eigenvalue weighted by atomic mass is 19.1. The number of carbonyl (C=O) groups is 1. The number of urea groups is 1. The molecule has 0 aromatic heterocycles. The van der Waals surface area contributed by atoms with Crippen molar-refractivity contribution in [2.45, 2.75) is 12.6 Å². The van der Waals surface area contributed by atoms with Gasteiger partial charge in [-0.05, 0) is 23.3 Å². The summed E-state index contributed by atoms with van der Waals surface area (Å²) in [5, 5.41) is 25.5. The van der Waals surface area contributed by atoms with Gasteiger partial charge in [-0.15, -0.1) is 0 Å². The van der Waals surface area contributed by atoms with Crippen molar-refractivity contribution in [1.82, 2.24) is 10.6 Å². The topological polar surface area (TPSA) is 104 Å². The van der Waals surface area contributed by atoms with Gasteiger partial charge in [-0.1, -0.05) is 24.3 Å². The molecule has 24 heavy (non-hydrogen) atoms. The number of nitrogens with zero attached hydrogens (tertiary/aromatic N) is 1. The van der Waals surface area contributed by atoms with Gasteiger partial charge in [-0.3, -0.25) is 10.1 Å². The van der Waals surface area contributed by atoms with Crippen molar-refractivity contribution >= 4 is 11.7 Å². The third-order valence-electron chi connectivity index (χ3n) is 3.31. The number of nitro groups is 1. The molecule has 1 unspecified atom stereocenters. The van der Waals surface area contributed by atoms with Crippen LogP contribution >= 0.6 is 0 Å². The Morgan fingerprint density at radius 1 is 1.12 bits per heavy atom. The Morgan fingerprint density at radius 3 is 2.33 bits per heavy atom.